The van der Waals surface area contributed by atoms with Crippen LogP contribution in [0.15, 0.2) is 12.1 Å². The maximum Gasteiger partial charge on any atom is 0.133 e. The molecule has 118 valence electrons. The smallest absolute Gasteiger partial charge is 0.133 e. The van der Waals surface area contributed by atoms with Gasteiger partial charge in [0.15, 0.2) is 0 Å². The molecule has 0 aromatic heterocycles. The number of rotatable bonds is 5. The number of morpholine rings is 1. The summed E-state index contributed by atoms with van der Waals surface area (Å²) in [5, 5.41) is 3.03. The fourth-order valence-corrected chi connectivity index (χ4v) is 2.93. The summed E-state index contributed by atoms with van der Waals surface area (Å²) >= 11 is 0. The van der Waals surface area contributed by atoms with Crippen molar-refractivity contribution in [3.8, 4) is 0 Å². The third kappa shape index (κ3) is 3.59. The topological polar surface area (TPSA) is 24.5 Å². The molecule has 2 rings (SSSR count). The van der Waals surface area contributed by atoms with E-state index in [0.717, 1.165) is 19.5 Å². The van der Waals surface area contributed by atoms with Crippen LogP contribution in [0, 0.1) is 18.6 Å². The minimum absolute atomic E-state index is 0.0841. The number of nitrogens with zero attached hydrogens (tertiary/aromatic N) is 1. The molecule has 0 radical (unpaired) electrons. The van der Waals surface area contributed by atoms with Gasteiger partial charge in [0.25, 0.3) is 0 Å². The molecule has 5 heteroatoms. The Morgan fingerprint density at radius 2 is 2.19 bits per heavy atom. The third-order valence-electron chi connectivity index (χ3n) is 4.03. The lowest BCUT2D eigenvalue weighted by molar-refractivity contribution is -0.0469. The normalized spacial score (nSPS) is 21.5. The molecule has 3 nitrogen and oxygen atoms in total. The van der Waals surface area contributed by atoms with Crippen LogP contribution in [0.25, 0.3) is 0 Å². The van der Waals surface area contributed by atoms with Gasteiger partial charge in [0, 0.05) is 18.7 Å². The van der Waals surface area contributed by atoms with E-state index in [4.69, 9.17) is 4.74 Å². The predicted molar refractivity (Wildman–Crippen MR) is 79.4 cm³/mol. The van der Waals surface area contributed by atoms with Crippen molar-refractivity contribution in [2.24, 2.45) is 0 Å². The van der Waals surface area contributed by atoms with Gasteiger partial charge in [-0.2, -0.15) is 0 Å². The lowest BCUT2D eigenvalue weighted by Crippen LogP contribution is -2.48. The molecule has 0 spiro atoms. The lowest BCUT2D eigenvalue weighted by atomic mass is 9.97. The van der Waals surface area contributed by atoms with E-state index >= 15 is 0 Å². The summed E-state index contributed by atoms with van der Waals surface area (Å²) in [6, 6.07) is 2.31. The summed E-state index contributed by atoms with van der Waals surface area (Å²) in [6.07, 6.45) is 0.811. The summed E-state index contributed by atoms with van der Waals surface area (Å²) in [6.45, 7) is 6.91. The summed E-state index contributed by atoms with van der Waals surface area (Å²) < 4.78 is 34.2. The third-order valence-corrected chi connectivity index (χ3v) is 4.03. The van der Waals surface area contributed by atoms with Crippen LogP contribution in [0.2, 0.25) is 0 Å². The standard InChI is InChI=1S/C16H24F2N2O/c1-4-7-20-8-9-21-13(10-20)16(19-3)14-12(17)6-5-11(2)15(14)18/h5-6,13,16,19H,4,7-10H2,1-3H3. The SMILES string of the molecule is CCCN1CCOC(C(NC)c2c(F)ccc(C)c2F)C1. The summed E-state index contributed by atoms with van der Waals surface area (Å²) in [4.78, 5) is 2.28. The first-order valence-electron chi connectivity index (χ1n) is 7.54. The van der Waals surface area contributed by atoms with Gasteiger partial charge in [0.1, 0.15) is 11.6 Å². The fraction of sp³-hybridized carbons (Fsp3) is 0.625. The molecule has 1 aromatic rings. The Labute approximate surface area is 125 Å². The van der Waals surface area contributed by atoms with Crippen molar-refractivity contribution in [3.05, 3.63) is 34.9 Å². The number of aryl methyl sites for hydroxylation is 1. The highest BCUT2D eigenvalue weighted by molar-refractivity contribution is 5.30. The molecule has 21 heavy (non-hydrogen) atoms. The molecule has 0 saturated carbocycles. The van der Waals surface area contributed by atoms with Crippen molar-refractivity contribution in [2.75, 3.05) is 33.3 Å². The Morgan fingerprint density at radius 3 is 2.86 bits per heavy atom. The molecular formula is C16H24F2N2O. The molecule has 1 aliphatic rings. The summed E-state index contributed by atoms with van der Waals surface area (Å²) in [7, 11) is 1.72. The number of halogens is 2. The largest absolute Gasteiger partial charge is 0.374 e. The second-order valence-electron chi connectivity index (χ2n) is 5.57. The molecule has 0 bridgehead atoms. The molecule has 1 aromatic carbocycles. The highest BCUT2D eigenvalue weighted by Gasteiger charge is 2.32. The van der Waals surface area contributed by atoms with Gasteiger partial charge in [-0.15, -0.1) is 0 Å². The molecule has 1 N–H and O–H groups in total. The Morgan fingerprint density at radius 1 is 1.43 bits per heavy atom. The molecule has 0 amide bonds. The highest BCUT2D eigenvalue weighted by Crippen LogP contribution is 2.28. The number of likely N-dealkylation sites (N-methyl/N-ethyl adjacent to an activating group) is 1. The van der Waals surface area contributed by atoms with Crippen molar-refractivity contribution in [3.63, 3.8) is 0 Å². The van der Waals surface area contributed by atoms with E-state index in [2.05, 4.69) is 17.1 Å². The Hall–Kier alpha value is -1.04. The van der Waals surface area contributed by atoms with Crippen LogP contribution in [0.1, 0.15) is 30.5 Å². The highest BCUT2D eigenvalue weighted by atomic mass is 19.1. The monoisotopic (exact) mass is 298 g/mol. The van der Waals surface area contributed by atoms with Crippen molar-refractivity contribution < 1.29 is 13.5 Å². The molecule has 2 atom stereocenters. The Balaban J connectivity index is 2.25. The van der Waals surface area contributed by atoms with E-state index in [9.17, 15) is 8.78 Å². The molecule has 1 saturated heterocycles. The van der Waals surface area contributed by atoms with Crippen LogP contribution in [-0.4, -0.2) is 44.3 Å². The van der Waals surface area contributed by atoms with E-state index in [0.29, 0.717) is 18.7 Å². The van der Waals surface area contributed by atoms with E-state index in [1.807, 2.05) is 0 Å². The second kappa shape index (κ2) is 7.29. The molecule has 2 unspecified atom stereocenters. The summed E-state index contributed by atoms with van der Waals surface area (Å²) in [5.41, 5.74) is 0.536. The van der Waals surface area contributed by atoms with E-state index in [1.54, 1.807) is 14.0 Å². The zero-order valence-corrected chi connectivity index (χ0v) is 13.0. The molecule has 0 aliphatic carbocycles. The van der Waals surface area contributed by atoms with Crippen LogP contribution in [0.5, 0.6) is 0 Å². The number of benzene rings is 1. The number of ether oxygens (including phenoxy) is 1. The van der Waals surface area contributed by atoms with Crippen molar-refractivity contribution in [1.29, 1.82) is 0 Å². The molecule has 1 aliphatic heterocycles. The average molecular weight is 298 g/mol. The van der Waals surface area contributed by atoms with Gasteiger partial charge < -0.3 is 10.1 Å². The fourth-order valence-electron chi connectivity index (χ4n) is 2.93. The maximum absolute atomic E-state index is 14.4. The van der Waals surface area contributed by atoms with Crippen molar-refractivity contribution in [2.45, 2.75) is 32.4 Å². The van der Waals surface area contributed by atoms with Crippen LogP contribution < -0.4 is 5.32 Å². The van der Waals surface area contributed by atoms with Gasteiger partial charge in [-0.1, -0.05) is 13.0 Å². The minimum Gasteiger partial charge on any atom is -0.374 e. The van der Waals surface area contributed by atoms with Crippen LogP contribution in [-0.2, 0) is 4.74 Å². The van der Waals surface area contributed by atoms with E-state index < -0.39 is 17.7 Å². The first kappa shape index (κ1) is 16.3. The van der Waals surface area contributed by atoms with Crippen LogP contribution >= 0.6 is 0 Å². The number of hydrogen-bond donors (Lipinski definition) is 1. The van der Waals surface area contributed by atoms with Gasteiger partial charge in [0.05, 0.1) is 18.8 Å². The first-order valence-corrected chi connectivity index (χ1v) is 7.54. The Kier molecular flexibility index (Phi) is 5.67. The first-order chi connectivity index (χ1) is 10.1. The lowest BCUT2D eigenvalue weighted by Gasteiger charge is -2.37. The van der Waals surface area contributed by atoms with Crippen molar-refractivity contribution >= 4 is 0 Å². The molecule has 1 fully saturated rings. The van der Waals surface area contributed by atoms with Gasteiger partial charge in [0.2, 0.25) is 0 Å². The maximum atomic E-state index is 14.4. The van der Waals surface area contributed by atoms with Gasteiger partial charge in [-0.25, -0.2) is 8.78 Å². The molecular weight excluding hydrogens is 274 g/mol. The van der Waals surface area contributed by atoms with E-state index in [-0.39, 0.29) is 11.7 Å². The zero-order valence-electron chi connectivity index (χ0n) is 13.0. The quantitative estimate of drug-likeness (QED) is 0.904. The number of hydrogen-bond acceptors (Lipinski definition) is 3. The zero-order chi connectivity index (χ0) is 15.4. The molecule has 1 heterocycles. The van der Waals surface area contributed by atoms with Gasteiger partial charge in [-0.3, -0.25) is 4.90 Å². The van der Waals surface area contributed by atoms with Crippen LogP contribution in [0.3, 0.4) is 0 Å². The summed E-state index contributed by atoms with van der Waals surface area (Å²) in [5.74, 6) is -1.00. The van der Waals surface area contributed by atoms with E-state index in [1.165, 1.54) is 12.1 Å². The average Bonchev–Trinajstić information content (AvgIpc) is 2.48. The second-order valence-corrected chi connectivity index (χ2v) is 5.57. The van der Waals surface area contributed by atoms with Gasteiger partial charge >= 0.3 is 0 Å². The van der Waals surface area contributed by atoms with Crippen molar-refractivity contribution in [1.82, 2.24) is 10.2 Å². The van der Waals surface area contributed by atoms with Crippen LogP contribution in [0.4, 0.5) is 8.78 Å². The predicted octanol–water partition coefficient (Wildman–Crippen LogP) is 2.64. The van der Waals surface area contributed by atoms with Gasteiger partial charge in [-0.05, 0) is 38.6 Å². The minimum atomic E-state index is -0.520. The number of nitrogens with one attached hydrogen (secondary N) is 1. The Bertz CT molecular complexity index is 480.